The fourth-order valence-electron chi connectivity index (χ4n) is 5.52. The first-order valence-corrected chi connectivity index (χ1v) is 12.7. The summed E-state index contributed by atoms with van der Waals surface area (Å²) in [6, 6.07) is 0.652. The minimum absolute atomic E-state index is 0.289. The van der Waals surface area contributed by atoms with Crippen LogP contribution in [0.4, 0.5) is 0 Å². The lowest BCUT2D eigenvalue weighted by atomic mass is 9.78. The van der Waals surface area contributed by atoms with Crippen molar-refractivity contribution in [2.24, 2.45) is 17.8 Å². The lowest BCUT2D eigenvalue weighted by molar-refractivity contribution is 0.0414. The van der Waals surface area contributed by atoms with Crippen LogP contribution in [-0.4, -0.2) is 64.4 Å². The van der Waals surface area contributed by atoms with Crippen LogP contribution in [0.2, 0.25) is 0 Å². The molecule has 0 aromatic heterocycles. The molecule has 0 unspecified atom stereocenters. The molecule has 0 bridgehead atoms. The van der Waals surface area contributed by atoms with Crippen LogP contribution >= 0.6 is 0 Å². The molecule has 0 amide bonds. The van der Waals surface area contributed by atoms with Gasteiger partial charge in [0.15, 0.2) is 0 Å². The molecule has 3 rings (SSSR count). The van der Waals surface area contributed by atoms with Crippen molar-refractivity contribution < 1.29 is 9.47 Å². The summed E-state index contributed by atoms with van der Waals surface area (Å²) < 4.78 is 11.1. The average molecular weight is 425 g/mol. The van der Waals surface area contributed by atoms with Gasteiger partial charge in [0.25, 0.3) is 0 Å². The lowest BCUT2D eigenvalue weighted by Crippen LogP contribution is -2.63. The maximum atomic E-state index is 5.60. The van der Waals surface area contributed by atoms with Crippen molar-refractivity contribution in [1.29, 1.82) is 0 Å². The van der Waals surface area contributed by atoms with E-state index in [0.29, 0.717) is 18.2 Å². The maximum absolute atomic E-state index is 5.60. The van der Waals surface area contributed by atoms with Crippen molar-refractivity contribution in [1.82, 2.24) is 21.3 Å². The Kier molecular flexibility index (Phi) is 10.9. The highest BCUT2D eigenvalue weighted by molar-refractivity contribution is 4.87. The first kappa shape index (κ1) is 24.4. The predicted octanol–water partition coefficient (Wildman–Crippen LogP) is 2.84. The molecule has 4 N–H and O–H groups in total. The van der Waals surface area contributed by atoms with E-state index < -0.39 is 0 Å². The van der Waals surface area contributed by atoms with Crippen LogP contribution < -0.4 is 21.3 Å². The molecule has 176 valence electrons. The topological polar surface area (TPSA) is 66.6 Å². The zero-order valence-electron chi connectivity index (χ0n) is 19.8. The molecule has 0 atom stereocenters. The molecule has 1 aliphatic heterocycles. The number of rotatable bonds is 11. The quantitative estimate of drug-likeness (QED) is 0.383. The van der Waals surface area contributed by atoms with E-state index in [2.05, 4.69) is 35.1 Å². The van der Waals surface area contributed by atoms with E-state index in [1.54, 1.807) is 0 Å². The molecular formula is C24H48N4O2. The first-order valence-electron chi connectivity index (χ1n) is 12.7. The van der Waals surface area contributed by atoms with Crippen molar-refractivity contribution in [3.63, 3.8) is 0 Å². The molecular weight excluding hydrogens is 376 g/mol. The second-order valence-corrected chi connectivity index (χ2v) is 10.1. The van der Waals surface area contributed by atoms with Gasteiger partial charge in [0, 0.05) is 32.8 Å². The van der Waals surface area contributed by atoms with E-state index in [4.69, 9.17) is 9.47 Å². The van der Waals surface area contributed by atoms with Crippen molar-refractivity contribution in [2.45, 2.75) is 96.2 Å². The summed E-state index contributed by atoms with van der Waals surface area (Å²) in [5, 5.41) is 14.9. The Morgan fingerprint density at radius 1 is 0.900 bits per heavy atom. The van der Waals surface area contributed by atoms with E-state index in [9.17, 15) is 0 Å². The van der Waals surface area contributed by atoms with E-state index in [1.807, 2.05) is 7.11 Å². The molecule has 0 aromatic carbocycles. The van der Waals surface area contributed by atoms with Gasteiger partial charge < -0.3 is 14.8 Å². The van der Waals surface area contributed by atoms with E-state index in [0.717, 1.165) is 50.4 Å². The smallest absolute Gasteiger partial charge is 0.112 e. The molecule has 3 fully saturated rings. The summed E-state index contributed by atoms with van der Waals surface area (Å²) in [6.07, 6.45) is 12.7. The van der Waals surface area contributed by atoms with Crippen molar-refractivity contribution in [2.75, 3.05) is 39.9 Å². The number of hydrogen-bond acceptors (Lipinski definition) is 6. The number of nitrogens with one attached hydrogen (secondary N) is 4. The second-order valence-electron chi connectivity index (χ2n) is 10.1. The van der Waals surface area contributed by atoms with E-state index in [-0.39, 0.29) is 6.29 Å². The van der Waals surface area contributed by atoms with E-state index >= 15 is 0 Å². The predicted molar refractivity (Wildman–Crippen MR) is 123 cm³/mol. The van der Waals surface area contributed by atoms with Gasteiger partial charge in [0.2, 0.25) is 0 Å². The Labute approximate surface area is 185 Å². The Balaban J connectivity index is 1.21. The van der Waals surface area contributed by atoms with Gasteiger partial charge in [-0.1, -0.05) is 0 Å². The summed E-state index contributed by atoms with van der Waals surface area (Å²) >= 11 is 0. The standard InChI is InChI=1S/C24H48N4O2/c1-18(2)30-14-4-13-25-15-19-5-9-22(10-6-19)28-24-26-16-21(17-27-24)20-7-11-23(29-3)12-8-20/h18-28H,4-17H2,1-3H3. The molecule has 30 heavy (non-hydrogen) atoms. The third-order valence-electron chi connectivity index (χ3n) is 7.52. The molecule has 0 aromatic rings. The summed E-state index contributed by atoms with van der Waals surface area (Å²) in [7, 11) is 1.86. The van der Waals surface area contributed by atoms with Crippen LogP contribution in [0.1, 0.15) is 71.6 Å². The Bertz CT molecular complexity index is 440. The van der Waals surface area contributed by atoms with Gasteiger partial charge in [-0.15, -0.1) is 0 Å². The van der Waals surface area contributed by atoms with Crippen LogP contribution in [0.25, 0.3) is 0 Å². The molecule has 3 aliphatic rings. The van der Waals surface area contributed by atoms with E-state index in [1.165, 1.54) is 57.9 Å². The average Bonchev–Trinajstić information content (AvgIpc) is 2.78. The third-order valence-corrected chi connectivity index (χ3v) is 7.52. The van der Waals surface area contributed by atoms with Crippen molar-refractivity contribution in [3.05, 3.63) is 0 Å². The molecule has 0 radical (unpaired) electrons. The van der Waals surface area contributed by atoms with Gasteiger partial charge in [0.05, 0.1) is 12.2 Å². The van der Waals surface area contributed by atoms with Crippen molar-refractivity contribution >= 4 is 0 Å². The van der Waals surface area contributed by atoms with Crippen LogP contribution in [0.3, 0.4) is 0 Å². The largest absolute Gasteiger partial charge is 0.381 e. The van der Waals surface area contributed by atoms with Crippen LogP contribution in [0.15, 0.2) is 0 Å². The van der Waals surface area contributed by atoms with Crippen LogP contribution in [-0.2, 0) is 9.47 Å². The molecule has 6 heteroatoms. The highest BCUT2D eigenvalue weighted by atomic mass is 16.5. The molecule has 1 saturated heterocycles. The molecule has 1 heterocycles. The number of hydrogen-bond donors (Lipinski definition) is 4. The maximum Gasteiger partial charge on any atom is 0.112 e. The minimum Gasteiger partial charge on any atom is -0.381 e. The summed E-state index contributed by atoms with van der Waals surface area (Å²) in [5.74, 6) is 2.47. The lowest BCUT2D eigenvalue weighted by Gasteiger charge is -2.40. The van der Waals surface area contributed by atoms with Crippen LogP contribution in [0.5, 0.6) is 0 Å². The number of methoxy groups -OCH3 is 1. The van der Waals surface area contributed by atoms with Gasteiger partial charge >= 0.3 is 0 Å². The summed E-state index contributed by atoms with van der Waals surface area (Å²) in [4.78, 5) is 0. The Morgan fingerprint density at radius 3 is 2.23 bits per heavy atom. The van der Waals surface area contributed by atoms with Gasteiger partial charge in [0.1, 0.15) is 6.29 Å². The molecule has 6 nitrogen and oxygen atoms in total. The van der Waals surface area contributed by atoms with Gasteiger partial charge in [-0.2, -0.15) is 0 Å². The summed E-state index contributed by atoms with van der Waals surface area (Å²) in [6.45, 7) is 9.61. The fraction of sp³-hybridized carbons (Fsp3) is 1.00. The monoisotopic (exact) mass is 424 g/mol. The zero-order chi connectivity index (χ0) is 21.2. The Morgan fingerprint density at radius 2 is 1.60 bits per heavy atom. The zero-order valence-corrected chi connectivity index (χ0v) is 19.8. The van der Waals surface area contributed by atoms with Crippen molar-refractivity contribution in [3.8, 4) is 0 Å². The molecule has 2 saturated carbocycles. The normalized spacial score (nSPS) is 35.6. The van der Waals surface area contributed by atoms with Crippen LogP contribution in [0, 0.1) is 17.8 Å². The third kappa shape index (κ3) is 8.36. The second kappa shape index (κ2) is 13.3. The van der Waals surface area contributed by atoms with Gasteiger partial charge in [-0.25, -0.2) is 0 Å². The SMILES string of the molecule is COC1CCC(C2CNC(NC3CCC(CNCCCOC(C)C)CC3)NC2)CC1. The van der Waals surface area contributed by atoms with Gasteiger partial charge in [-0.05, 0) is 102 Å². The minimum atomic E-state index is 0.289. The molecule has 0 spiro atoms. The Hall–Kier alpha value is -0.240. The number of ether oxygens (including phenoxy) is 2. The molecule has 2 aliphatic carbocycles. The highest BCUT2D eigenvalue weighted by Crippen LogP contribution is 2.32. The highest BCUT2D eigenvalue weighted by Gasteiger charge is 2.31. The van der Waals surface area contributed by atoms with Gasteiger partial charge in [-0.3, -0.25) is 16.0 Å². The fourth-order valence-corrected chi connectivity index (χ4v) is 5.52. The first-order chi connectivity index (χ1) is 14.6. The summed E-state index contributed by atoms with van der Waals surface area (Å²) in [5.41, 5.74) is 0.